The van der Waals surface area contributed by atoms with Gasteiger partial charge in [-0.15, -0.1) is 25.6 Å². The van der Waals surface area contributed by atoms with Gasteiger partial charge in [-0.3, -0.25) is 9.80 Å². The van der Waals surface area contributed by atoms with Gasteiger partial charge in [0.15, 0.2) is 0 Å². The molecule has 5 rings (SSSR count). The second kappa shape index (κ2) is 13.3. The smallest absolute Gasteiger partial charge is 0.406 e. The average Bonchev–Trinajstić information content (AvgIpc) is 3.29. The van der Waals surface area contributed by atoms with Crippen molar-refractivity contribution in [3.63, 3.8) is 0 Å². The van der Waals surface area contributed by atoms with Crippen LogP contribution in [0, 0.1) is 0 Å². The van der Waals surface area contributed by atoms with Crippen molar-refractivity contribution in [1.82, 2.24) is 14.4 Å². The van der Waals surface area contributed by atoms with E-state index in [0.717, 1.165) is 78.3 Å². The summed E-state index contributed by atoms with van der Waals surface area (Å²) >= 11 is 6.54. The Morgan fingerprint density at radius 3 is 2.26 bits per heavy atom. The molecule has 2 heterocycles. The normalized spacial score (nSPS) is 15.1. The zero-order valence-electron chi connectivity index (χ0n) is 23.8. The van der Waals surface area contributed by atoms with E-state index >= 15 is 0 Å². The second-order valence-electron chi connectivity index (χ2n) is 11.1. The predicted octanol–water partition coefficient (Wildman–Crippen LogP) is 7.68. The third-order valence-corrected chi connectivity index (χ3v) is 8.38. The molecule has 1 aliphatic heterocycles. The first-order valence-corrected chi connectivity index (χ1v) is 14.3. The highest BCUT2D eigenvalue weighted by atomic mass is 35.5. The molecule has 0 spiro atoms. The van der Waals surface area contributed by atoms with Crippen molar-refractivity contribution in [1.29, 1.82) is 0 Å². The molecule has 1 saturated heterocycles. The number of nitrogens with two attached hydrogens (primary N) is 1. The Balaban J connectivity index is 0.00000405. The maximum Gasteiger partial charge on any atom is 0.573 e. The number of ether oxygens (including phenoxy) is 1. The molecule has 226 valence electrons. The summed E-state index contributed by atoms with van der Waals surface area (Å²) in [6.07, 6.45) is -1.82. The van der Waals surface area contributed by atoms with Crippen molar-refractivity contribution in [3.8, 4) is 16.9 Å². The number of benzene rings is 3. The van der Waals surface area contributed by atoms with Crippen LogP contribution in [0.25, 0.3) is 22.0 Å². The molecule has 0 atom stereocenters. The second-order valence-corrected chi connectivity index (χ2v) is 11.5. The number of piperazine rings is 1. The number of aromatic nitrogens is 1. The minimum Gasteiger partial charge on any atom is -0.406 e. The number of nitrogens with zero attached hydrogens (tertiary/aromatic N) is 3. The van der Waals surface area contributed by atoms with Crippen molar-refractivity contribution in [2.24, 2.45) is 5.73 Å². The molecule has 0 amide bonds. The molecule has 0 aliphatic carbocycles. The summed E-state index contributed by atoms with van der Waals surface area (Å²) in [5.74, 6) is -0.231. The fourth-order valence-electron chi connectivity index (χ4n) is 5.81. The predicted molar refractivity (Wildman–Crippen MR) is 166 cm³/mol. The summed E-state index contributed by atoms with van der Waals surface area (Å²) in [6, 6.07) is 20.7. The van der Waals surface area contributed by atoms with E-state index in [4.69, 9.17) is 17.3 Å². The van der Waals surface area contributed by atoms with Crippen molar-refractivity contribution in [2.45, 2.75) is 45.3 Å². The van der Waals surface area contributed by atoms with Crippen molar-refractivity contribution in [3.05, 3.63) is 89.1 Å². The quantitative estimate of drug-likeness (QED) is 0.208. The van der Waals surface area contributed by atoms with Gasteiger partial charge in [-0.05, 0) is 73.8 Å². The molecular formula is C32H37Cl2F3N4O. The minimum absolute atomic E-state index is 0. The Morgan fingerprint density at radius 2 is 1.62 bits per heavy atom. The molecule has 1 fully saturated rings. The van der Waals surface area contributed by atoms with Crippen LogP contribution in [0.5, 0.6) is 5.75 Å². The van der Waals surface area contributed by atoms with Crippen LogP contribution in [0.15, 0.2) is 72.9 Å². The maximum absolute atomic E-state index is 12.7. The summed E-state index contributed by atoms with van der Waals surface area (Å²) in [5, 5.41) is 1.87. The van der Waals surface area contributed by atoms with E-state index in [1.165, 1.54) is 17.7 Å². The van der Waals surface area contributed by atoms with Gasteiger partial charge >= 0.3 is 6.36 Å². The van der Waals surface area contributed by atoms with E-state index in [-0.39, 0.29) is 23.7 Å². The average molecular weight is 622 g/mol. The van der Waals surface area contributed by atoms with E-state index in [1.807, 2.05) is 18.2 Å². The Bertz CT molecular complexity index is 1480. The Morgan fingerprint density at radius 1 is 0.929 bits per heavy atom. The van der Waals surface area contributed by atoms with Crippen molar-refractivity contribution < 1.29 is 17.9 Å². The molecule has 1 aromatic heterocycles. The number of hydrogen-bond donors (Lipinski definition) is 1. The summed E-state index contributed by atoms with van der Waals surface area (Å²) in [5.41, 5.74) is 10.9. The van der Waals surface area contributed by atoms with E-state index in [9.17, 15) is 13.2 Å². The zero-order chi connectivity index (χ0) is 29.2. The molecule has 1 aliphatic rings. The molecule has 42 heavy (non-hydrogen) atoms. The summed E-state index contributed by atoms with van der Waals surface area (Å²) in [4.78, 5) is 4.96. The largest absolute Gasteiger partial charge is 0.573 e. The number of halogens is 5. The van der Waals surface area contributed by atoms with Crippen molar-refractivity contribution in [2.75, 3.05) is 32.7 Å². The minimum atomic E-state index is -4.72. The first-order valence-electron chi connectivity index (χ1n) is 14.0. The van der Waals surface area contributed by atoms with E-state index < -0.39 is 6.36 Å². The van der Waals surface area contributed by atoms with Gasteiger partial charge in [0, 0.05) is 72.5 Å². The molecule has 5 nitrogen and oxygen atoms in total. The van der Waals surface area contributed by atoms with Crippen LogP contribution < -0.4 is 10.5 Å². The summed E-state index contributed by atoms with van der Waals surface area (Å²) in [7, 11) is 0. The van der Waals surface area contributed by atoms with Gasteiger partial charge in [0.2, 0.25) is 0 Å². The van der Waals surface area contributed by atoms with E-state index in [2.05, 4.69) is 63.4 Å². The van der Waals surface area contributed by atoms with Gasteiger partial charge in [0.1, 0.15) is 5.75 Å². The van der Waals surface area contributed by atoms with Gasteiger partial charge in [0.05, 0.1) is 0 Å². The molecule has 0 saturated carbocycles. The monoisotopic (exact) mass is 620 g/mol. The molecular weight excluding hydrogens is 584 g/mol. The molecule has 0 radical (unpaired) electrons. The first kappa shape index (κ1) is 32.2. The lowest BCUT2D eigenvalue weighted by molar-refractivity contribution is -0.274. The number of hydrogen-bond acceptors (Lipinski definition) is 4. The van der Waals surface area contributed by atoms with E-state index in [1.54, 1.807) is 12.1 Å². The highest BCUT2D eigenvalue weighted by molar-refractivity contribution is 6.31. The lowest BCUT2D eigenvalue weighted by Gasteiger charge is -2.44. The van der Waals surface area contributed by atoms with Crippen LogP contribution in [0.2, 0.25) is 5.02 Å². The topological polar surface area (TPSA) is 46.7 Å². The molecule has 10 heteroatoms. The van der Waals surface area contributed by atoms with Crippen LogP contribution in [-0.4, -0.2) is 53.5 Å². The van der Waals surface area contributed by atoms with Crippen LogP contribution in [-0.2, 0) is 18.6 Å². The van der Waals surface area contributed by atoms with Gasteiger partial charge in [-0.2, -0.15) is 0 Å². The third kappa shape index (κ3) is 7.24. The molecule has 0 bridgehead atoms. The van der Waals surface area contributed by atoms with Gasteiger partial charge in [-0.25, -0.2) is 0 Å². The van der Waals surface area contributed by atoms with Crippen LogP contribution in [0.1, 0.15) is 31.4 Å². The Labute approximate surface area is 256 Å². The molecule has 3 aromatic carbocycles. The highest BCUT2D eigenvalue weighted by Crippen LogP contribution is 2.35. The van der Waals surface area contributed by atoms with Gasteiger partial charge in [-0.1, -0.05) is 48.0 Å². The molecule has 2 N–H and O–H groups in total. The molecule has 4 aromatic rings. The van der Waals surface area contributed by atoms with Crippen LogP contribution in [0.4, 0.5) is 13.2 Å². The first-order chi connectivity index (χ1) is 19.5. The van der Waals surface area contributed by atoms with E-state index in [0.29, 0.717) is 6.54 Å². The fourth-order valence-corrected chi connectivity index (χ4v) is 6.17. The van der Waals surface area contributed by atoms with Gasteiger partial charge < -0.3 is 15.0 Å². The van der Waals surface area contributed by atoms with Crippen LogP contribution in [0.3, 0.4) is 0 Å². The Hall–Kier alpha value is -2.75. The van der Waals surface area contributed by atoms with Crippen molar-refractivity contribution >= 4 is 34.9 Å². The number of alkyl halides is 3. The zero-order valence-corrected chi connectivity index (χ0v) is 25.4. The standard InChI is InChI=1S/C32H36ClF3N4O.ClH/c1-31(2,28-6-3-4-7-29(28)33)40-18-16-38(17-19-40)21-23-8-13-30-26(20-23)27(22-39(30)15-5-14-37)24-9-11-25(12-10-24)41-32(34,35)36;/h3-4,6-13,20,22H,5,14-19,21,37H2,1-2H3;1H. The number of aryl methyl sites for hydroxylation is 1. The molecule has 0 unspecified atom stereocenters. The fraction of sp³-hybridized carbons (Fsp3) is 0.375. The summed E-state index contributed by atoms with van der Waals surface area (Å²) in [6.45, 7) is 10.4. The lowest BCUT2D eigenvalue weighted by atomic mass is 9.91. The maximum atomic E-state index is 12.7. The summed E-state index contributed by atoms with van der Waals surface area (Å²) < 4.78 is 44.2. The SMILES string of the molecule is CC(C)(c1ccccc1Cl)N1CCN(Cc2ccc3c(c2)c(-c2ccc(OC(F)(F)F)cc2)cn3CCCN)CC1.Cl. The third-order valence-electron chi connectivity index (χ3n) is 8.05. The number of rotatable bonds is 9. The van der Waals surface area contributed by atoms with Gasteiger partial charge in [0.25, 0.3) is 0 Å². The number of fused-ring (bicyclic) bond motifs is 1. The van der Waals surface area contributed by atoms with Crippen LogP contribution >= 0.6 is 24.0 Å². The Kier molecular flexibility index (Phi) is 10.2. The lowest BCUT2D eigenvalue weighted by Crippen LogP contribution is -2.53. The highest BCUT2D eigenvalue weighted by Gasteiger charge is 2.33.